The Kier molecular flexibility index (Phi) is 5.64. The van der Waals surface area contributed by atoms with Gasteiger partial charge in [0.05, 0.1) is 12.6 Å². The van der Waals surface area contributed by atoms with Crippen LogP contribution in [0.5, 0.6) is 0 Å². The number of piperazine rings is 1. The van der Waals surface area contributed by atoms with E-state index in [1.165, 1.54) is 0 Å². The van der Waals surface area contributed by atoms with Crippen LogP contribution in [0.4, 0.5) is 5.82 Å². The molecule has 7 nitrogen and oxygen atoms in total. The molecule has 0 spiro atoms. The number of rotatable bonds is 5. The third-order valence-corrected chi connectivity index (χ3v) is 6.25. The molecule has 0 radical (unpaired) electrons. The second kappa shape index (κ2) is 8.75. The molecule has 0 saturated carbocycles. The summed E-state index contributed by atoms with van der Waals surface area (Å²) in [4.78, 5) is 27.0. The molecule has 0 aliphatic carbocycles. The Labute approximate surface area is 193 Å². The third kappa shape index (κ3) is 4.64. The number of likely N-dealkylation sites (N-methyl/N-ethyl adjacent to an activating group) is 1. The van der Waals surface area contributed by atoms with Gasteiger partial charge in [-0.25, -0.2) is 4.98 Å². The fourth-order valence-corrected chi connectivity index (χ4v) is 4.31. The van der Waals surface area contributed by atoms with E-state index >= 15 is 0 Å². The van der Waals surface area contributed by atoms with Crippen molar-refractivity contribution in [2.45, 2.75) is 13.3 Å². The first kappa shape index (κ1) is 21.3. The summed E-state index contributed by atoms with van der Waals surface area (Å²) in [6.45, 7) is 5.80. The van der Waals surface area contributed by atoms with Gasteiger partial charge in [-0.05, 0) is 49.2 Å². The predicted molar refractivity (Wildman–Crippen MR) is 131 cm³/mol. The molecule has 3 aromatic heterocycles. The van der Waals surface area contributed by atoms with Crippen molar-refractivity contribution in [1.82, 2.24) is 24.6 Å². The number of carbonyl (C=O) groups is 1. The summed E-state index contributed by atoms with van der Waals surface area (Å²) in [6.07, 6.45) is 5.96. The second-order valence-corrected chi connectivity index (χ2v) is 8.89. The number of nitrogens with zero attached hydrogens (tertiary/aromatic N) is 6. The fraction of sp³-hybridized carbons (Fsp3) is 0.308. The van der Waals surface area contributed by atoms with Crippen molar-refractivity contribution in [2.24, 2.45) is 7.05 Å². The number of Topliss-reactive ketones (excluding diaryl/α,β-unsaturated/α-hetero) is 1. The molecule has 4 heterocycles. The normalized spacial score (nSPS) is 14.7. The number of hydrogen-bond donors (Lipinski definition) is 0. The Hall–Kier alpha value is -3.58. The average molecular weight is 441 g/mol. The van der Waals surface area contributed by atoms with Gasteiger partial charge in [0.25, 0.3) is 0 Å². The SMILES string of the molecule is Cc1cc(C(=O)Cc2cc3cc(-c4cnn(C)c4)ccc3cn2)cc(N2CCN(C)CC2)n1. The molecule has 1 aliphatic rings. The molecule has 168 valence electrons. The number of carbonyl (C=O) groups excluding carboxylic acids is 1. The predicted octanol–water partition coefficient (Wildman–Crippen LogP) is 3.52. The summed E-state index contributed by atoms with van der Waals surface area (Å²) in [7, 11) is 4.04. The first-order valence-electron chi connectivity index (χ1n) is 11.3. The molecule has 5 rings (SSSR count). The molecule has 33 heavy (non-hydrogen) atoms. The molecule has 7 heteroatoms. The first-order chi connectivity index (χ1) is 15.9. The van der Waals surface area contributed by atoms with Crippen molar-refractivity contribution in [3.05, 3.63) is 71.9 Å². The topological polar surface area (TPSA) is 67.2 Å². The minimum Gasteiger partial charge on any atom is -0.354 e. The summed E-state index contributed by atoms with van der Waals surface area (Å²) < 4.78 is 1.79. The summed E-state index contributed by atoms with van der Waals surface area (Å²) in [5.41, 5.74) is 4.49. The van der Waals surface area contributed by atoms with Crippen LogP contribution in [0.3, 0.4) is 0 Å². The van der Waals surface area contributed by atoms with Gasteiger partial charge in [0, 0.05) is 73.5 Å². The molecule has 1 fully saturated rings. The zero-order valence-electron chi connectivity index (χ0n) is 19.3. The fourth-order valence-electron chi connectivity index (χ4n) is 4.31. The van der Waals surface area contributed by atoms with E-state index in [2.05, 4.69) is 50.1 Å². The van der Waals surface area contributed by atoms with E-state index in [0.29, 0.717) is 5.56 Å². The van der Waals surface area contributed by atoms with Crippen molar-refractivity contribution in [1.29, 1.82) is 0 Å². The molecule has 1 saturated heterocycles. The molecular weight excluding hydrogens is 412 g/mol. The van der Waals surface area contributed by atoms with Crippen LogP contribution in [-0.2, 0) is 13.5 Å². The molecule has 0 amide bonds. The number of pyridine rings is 2. The lowest BCUT2D eigenvalue weighted by molar-refractivity contribution is 0.0992. The highest BCUT2D eigenvalue weighted by Gasteiger charge is 2.18. The Morgan fingerprint density at radius 2 is 1.76 bits per heavy atom. The van der Waals surface area contributed by atoms with Gasteiger partial charge in [-0.15, -0.1) is 0 Å². The van der Waals surface area contributed by atoms with Crippen molar-refractivity contribution >= 4 is 22.4 Å². The zero-order chi connectivity index (χ0) is 22.9. The number of benzene rings is 1. The molecule has 4 aromatic rings. The number of anilines is 1. The number of aromatic nitrogens is 4. The standard InChI is InChI=1S/C26H28N6O/c1-18-10-22(13-26(29-18)32-8-6-30(2)7-9-32)25(33)14-24-12-21-11-19(4-5-20(21)15-27-24)23-16-28-31(3)17-23/h4-5,10-13,15-17H,6-9,14H2,1-3H3. The van der Waals surface area contributed by atoms with Gasteiger partial charge in [-0.3, -0.25) is 14.5 Å². The Morgan fingerprint density at radius 1 is 0.939 bits per heavy atom. The lowest BCUT2D eigenvalue weighted by atomic mass is 10.0. The van der Waals surface area contributed by atoms with Crippen LogP contribution in [0, 0.1) is 6.92 Å². The first-order valence-corrected chi connectivity index (χ1v) is 11.3. The van der Waals surface area contributed by atoms with E-state index in [-0.39, 0.29) is 12.2 Å². The molecule has 0 unspecified atom stereocenters. The van der Waals surface area contributed by atoms with Crippen molar-refractivity contribution in [3.8, 4) is 11.1 Å². The number of hydrogen-bond acceptors (Lipinski definition) is 6. The van der Waals surface area contributed by atoms with Crippen molar-refractivity contribution in [2.75, 3.05) is 38.1 Å². The Bertz CT molecular complexity index is 1320. The summed E-state index contributed by atoms with van der Waals surface area (Å²) in [6, 6.07) is 12.1. The smallest absolute Gasteiger partial charge is 0.169 e. The van der Waals surface area contributed by atoms with Crippen LogP contribution in [0.1, 0.15) is 21.7 Å². The maximum absolute atomic E-state index is 13.2. The molecular formula is C26H28N6O. The van der Waals surface area contributed by atoms with Crippen LogP contribution >= 0.6 is 0 Å². The molecule has 1 aliphatic heterocycles. The van der Waals surface area contributed by atoms with Gasteiger partial charge < -0.3 is 9.80 Å². The van der Waals surface area contributed by atoms with Crippen LogP contribution in [-0.4, -0.2) is 63.7 Å². The maximum Gasteiger partial charge on any atom is 0.169 e. The van der Waals surface area contributed by atoms with E-state index in [1.807, 2.05) is 50.8 Å². The Balaban J connectivity index is 1.38. The number of fused-ring (bicyclic) bond motifs is 1. The summed E-state index contributed by atoms with van der Waals surface area (Å²) in [5.74, 6) is 0.949. The molecule has 0 atom stereocenters. The maximum atomic E-state index is 13.2. The van der Waals surface area contributed by atoms with Crippen molar-refractivity contribution in [3.63, 3.8) is 0 Å². The van der Waals surface area contributed by atoms with Crippen LogP contribution < -0.4 is 4.90 Å². The highest BCUT2D eigenvalue weighted by molar-refractivity contribution is 5.98. The van der Waals surface area contributed by atoms with Gasteiger partial charge in [-0.2, -0.15) is 5.10 Å². The van der Waals surface area contributed by atoms with Gasteiger partial charge in [0.1, 0.15) is 5.82 Å². The highest BCUT2D eigenvalue weighted by atomic mass is 16.1. The van der Waals surface area contributed by atoms with E-state index in [1.54, 1.807) is 4.68 Å². The van der Waals surface area contributed by atoms with Crippen LogP contribution in [0.2, 0.25) is 0 Å². The van der Waals surface area contributed by atoms with Gasteiger partial charge in [-0.1, -0.05) is 12.1 Å². The third-order valence-electron chi connectivity index (χ3n) is 6.25. The lowest BCUT2D eigenvalue weighted by Gasteiger charge is -2.33. The van der Waals surface area contributed by atoms with Crippen LogP contribution in [0.15, 0.2) is 55.0 Å². The molecule has 0 N–H and O–H groups in total. The van der Waals surface area contributed by atoms with E-state index in [4.69, 9.17) is 0 Å². The van der Waals surface area contributed by atoms with Gasteiger partial charge >= 0.3 is 0 Å². The second-order valence-electron chi connectivity index (χ2n) is 8.89. The number of ketones is 1. The van der Waals surface area contributed by atoms with Gasteiger partial charge in [0.2, 0.25) is 0 Å². The molecule has 0 bridgehead atoms. The highest BCUT2D eigenvalue weighted by Crippen LogP contribution is 2.25. The van der Waals surface area contributed by atoms with Crippen molar-refractivity contribution < 1.29 is 4.79 Å². The zero-order valence-corrected chi connectivity index (χ0v) is 19.3. The quantitative estimate of drug-likeness (QED) is 0.443. The minimum atomic E-state index is 0.0612. The Morgan fingerprint density at radius 3 is 2.52 bits per heavy atom. The summed E-state index contributed by atoms with van der Waals surface area (Å²) in [5, 5.41) is 6.38. The van der Waals surface area contributed by atoms with Crippen LogP contribution in [0.25, 0.3) is 21.9 Å². The van der Waals surface area contributed by atoms with E-state index in [0.717, 1.165) is 65.3 Å². The van der Waals surface area contributed by atoms with Gasteiger partial charge in [0.15, 0.2) is 5.78 Å². The lowest BCUT2D eigenvalue weighted by Crippen LogP contribution is -2.44. The largest absolute Gasteiger partial charge is 0.354 e. The average Bonchev–Trinajstić information content (AvgIpc) is 3.25. The molecule has 1 aromatic carbocycles. The minimum absolute atomic E-state index is 0.0612. The number of aryl methyl sites for hydroxylation is 2. The van der Waals surface area contributed by atoms with E-state index in [9.17, 15) is 4.79 Å². The monoisotopic (exact) mass is 440 g/mol. The summed E-state index contributed by atoms with van der Waals surface area (Å²) >= 11 is 0. The van der Waals surface area contributed by atoms with E-state index < -0.39 is 0 Å².